The summed E-state index contributed by atoms with van der Waals surface area (Å²) in [7, 11) is 0. The standard InChI is InChI=1S/C12H6S8Se/c1-2-14-9(13-1)11-17-5-7(19-11)21-8-6-18-12(20-8)10-15-3-4-16-10/h1-6H. The van der Waals surface area contributed by atoms with Crippen molar-refractivity contribution in [2.45, 2.75) is 0 Å². The number of thioether (sulfide) groups is 8. The van der Waals surface area contributed by atoms with E-state index in [0.717, 1.165) is 0 Å². The Bertz CT molecular complexity index is 578. The predicted molar refractivity (Wildman–Crippen MR) is 115 cm³/mol. The van der Waals surface area contributed by atoms with Crippen LogP contribution < -0.4 is 0 Å². The van der Waals surface area contributed by atoms with E-state index in [9.17, 15) is 0 Å². The third-order valence-corrected chi connectivity index (χ3v) is 15.8. The molecule has 0 bridgehead atoms. The maximum atomic E-state index is 2.35. The molecule has 21 heavy (non-hydrogen) atoms. The minimum atomic E-state index is 0.461. The van der Waals surface area contributed by atoms with Crippen LogP contribution in [0.25, 0.3) is 0 Å². The molecule has 4 aliphatic heterocycles. The van der Waals surface area contributed by atoms with Crippen LogP contribution in [0, 0.1) is 0 Å². The first-order valence-electron chi connectivity index (χ1n) is 5.61. The second kappa shape index (κ2) is 7.76. The van der Waals surface area contributed by atoms with Gasteiger partial charge in [-0.1, -0.05) is 0 Å². The van der Waals surface area contributed by atoms with Gasteiger partial charge in [-0.25, -0.2) is 0 Å². The molecule has 0 unspecified atom stereocenters. The molecule has 0 saturated carbocycles. The third kappa shape index (κ3) is 4.06. The molecule has 0 spiro atoms. The molecule has 0 N–H and O–H groups in total. The summed E-state index contributed by atoms with van der Waals surface area (Å²) in [5, 5.41) is 13.4. The van der Waals surface area contributed by atoms with E-state index < -0.39 is 0 Å². The van der Waals surface area contributed by atoms with Crippen molar-refractivity contribution in [1.29, 1.82) is 0 Å². The van der Waals surface area contributed by atoms with Gasteiger partial charge in [-0.2, -0.15) is 0 Å². The van der Waals surface area contributed by atoms with Crippen molar-refractivity contribution in [3.63, 3.8) is 0 Å². The normalized spacial score (nSPS) is 24.6. The minimum absolute atomic E-state index is 0.461. The zero-order valence-electron chi connectivity index (χ0n) is 10.1. The first kappa shape index (κ1) is 16.2. The van der Waals surface area contributed by atoms with Crippen LogP contribution in [0.3, 0.4) is 0 Å². The van der Waals surface area contributed by atoms with Crippen molar-refractivity contribution in [1.82, 2.24) is 0 Å². The van der Waals surface area contributed by atoms with Gasteiger partial charge in [0.15, 0.2) is 0 Å². The van der Waals surface area contributed by atoms with Crippen LogP contribution in [0.2, 0.25) is 0 Å². The van der Waals surface area contributed by atoms with Crippen molar-refractivity contribution >= 4 is 109 Å². The first-order valence-corrected chi connectivity index (χ1v) is 14.2. The van der Waals surface area contributed by atoms with E-state index in [-0.39, 0.29) is 0 Å². The van der Waals surface area contributed by atoms with Crippen LogP contribution in [-0.4, -0.2) is 15.0 Å². The van der Waals surface area contributed by atoms with Crippen molar-refractivity contribution < 1.29 is 0 Å². The van der Waals surface area contributed by atoms with Gasteiger partial charge in [-0.15, -0.1) is 0 Å². The fourth-order valence-electron chi connectivity index (χ4n) is 1.46. The Morgan fingerprint density at radius 1 is 0.524 bits per heavy atom. The van der Waals surface area contributed by atoms with Crippen molar-refractivity contribution in [2.75, 3.05) is 0 Å². The monoisotopic (exact) mass is 486 g/mol. The molecule has 0 amide bonds. The molecule has 0 radical (unpaired) electrons. The summed E-state index contributed by atoms with van der Waals surface area (Å²) in [5.74, 6) is 0. The SMILES string of the molecule is C1=CSC(=C2SC=C([Se]C3=CSC(=C4SC=CS4)S3)S2)S1. The quantitative estimate of drug-likeness (QED) is 0.366. The van der Waals surface area contributed by atoms with Gasteiger partial charge in [0.25, 0.3) is 0 Å². The van der Waals surface area contributed by atoms with Crippen LogP contribution in [0.15, 0.2) is 57.0 Å². The van der Waals surface area contributed by atoms with E-state index in [1.165, 1.54) is 16.9 Å². The molecule has 0 aliphatic carbocycles. The van der Waals surface area contributed by atoms with E-state index in [0.29, 0.717) is 15.0 Å². The number of hydrogen-bond acceptors (Lipinski definition) is 8. The van der Waals surface area contributed by atoms with E-state index in [1.807, 2.05) is 94.1 Å². The Labute approximate surface area is 164 Å². The third-order valence-electron chi connectivity index (χ3n) is 2.26. The summed E-state index contributed by atoms with van der Waals surface area (Å²) in [6.45, 7) is 0. The fourth-order valence-corrected chi connectivity index (χ4v) is 14.9. The molecule has 0 nitrogen and oxygen atoms in total. The van der Waals surface area contributed by atoms with E-state index >= 15 is 0 Å². The zero-order valence-corrected chi connectivity index (χ0v) is 18.4. The van der Waals surface area contributed by atoms with Gasteiger partial charge in [0.05, 0.1) is 0 Å². The van der Waals surface area contributed by atoms with Gasteiger partial charge in [-0.05, 0) is 0 Å². The molecule has 0 aromatic heterocycles. The van der Waals surface area contributed by atoms with Gasteiger partial charge in [0.2, 0.25) is 0 Å². The van der Waals surface area contributed by atoms with Crippen LogP contribution in [0.5, 0.6) is 0 Å². The molecule has 4 heterocycles. The van der Waals surface area contributed by atoms with Crippen molar-refractivity contribution in [3.05, 3.63) is 57.0 Å². The first-order chi connectivity index (χ1) is 10.4. The van der Waals surface area contributed by atoms with Gasteiger partial charge in [0.1, 0.15) is 0 Å². The van der Waals surface area contributed by atoms with Gasteiger partial charge < -0.3 is 0 Å². The van der Waals surface area contributed by atoms with Crippen LogP contribution >= 0.6 is 94.1 Å². The topological polar surface area (TPSA) is 0 Å². The van der Waals surface area contributed by atoms with E-state index in [2.05, 4.69) is 32.4 Å². The Morgan fingerprint density at radius 3 is 1.38 bits per heavy atom. The molecule has 0 fully saturated rings. The molecular weight excluding hydrogens is 480 g/mol. The molecule has 108 valence electrons. The van der Waals surface area contributed by atoms with Crippen LogP contribution in [0.4, 0.5) is 0 Å². The second-order valence-corrected chi connectivity index (χ2v) is 15.6. The summed E-state index contributed by atoms with van der Waals surface area (Å²) in [5.41, 5.74) is 0. The summed E-state index contributed by atoms with van der Waals surface area (Å²) >= 11 is 15.6. The zero-order chi connectivity index (χ0) is 14.1. The molecule has 4 rings (SSSR count). The average molecular weight is 486 g/mol. The van der Waals surface area contributed by atoms with Crippen molar-refractivity contribution in [3.8, 4) is 0 Å². The fraction of sp³-hybridized carbons (Fsp3) is 0. The maximum absolute atomic E-state index is 2.35. The van der Waals surface area contributed by atoms with Gasteiger partial charge >= 0.3 is 166 Å². The Morgan fingerprint density at radius 2 is 0.952 bits per heavy atom. The number of rotatable bonds is 2. The Kier molecular flexibility index (Phi) is 6.00. The van der Waals surface area contributed by atoms with Gasteiger partial charge in [-0.3, -0.25) is 0 Å². The predicted octanol–water partition coefficient (Wildman–Crippen LogP) is 7.40. The van der Waals surface area contributed by atoms with Crippen LogP contribution in [-0.2, 0) is 0 Å². The van der Waals surface area contributed by atoms with Crippen LogP contribution in [0.1, 0.15) is 0 Å². The molecule has 0 saturated heterocycles. The van der Waals surface area contributed by atoms with Gasteiger partial charge in [0, 0.05) is 0 Å². The molecule has 0 aromatic carbocycles. The molecule has 0 atom stereocenters. The van der Waals surface area contributed by atoms with E-state index in [1.54, 1.807) is 7.61 Å². The summed E-state index contributed by atoms with van der Waals surface area (Å²) in [4.78, 5) is 0. The number of hydrogen-bond donors (Lipinski definition) is 0. The summed E-state index contributed by atoms with van der Waals surface area (Å²) in [6, 6.07) is 0. The Hall–Kier alpha value is 1.76. The molecule has 9 heteroatoms. The molecular formula is C12H6S8Se. The van der Waals surface area contributed by atoms with E-state index in [4.69, 9.17) is 0 Å². The summed E-state index contributed by atoms with van der Waals surface area (Å²) in [6.07, 6.45) is 0. The van der Waals surface area contributed by atoms with Crippen molar-refractivity contribution in [2.24, 2.45) is 0 Å². The second-order valence-electron chi connectivity index (χ2n) is 3.58. The summed E-state index contributed by atoms with van der Waals surface area (Å²) < 4.78 is 8.90. The Balaban J connectivity index is 1.36. The average Bonchev–Trinajstić information content (AvgIpc) is 3.28. The molecule has 0 aromatic rings. The molecule has 4 aliphatic rings.